The van der Waals surface area contributed by atoms with Crippen molar-refractivity contribution in [3.63, 3.8) is 0 Å². The average Bonchev–Trinajstić information content (AvgIpc) is 2.61. The van der Waals surface area contributed by atoms with Gasteiger partial charge >= 0.3 is 12.0 Å². The lowest BCUT2D eigenvalue weighted by atomic mass is 9.87. The van der Waals surface area contributed by atoms with Crippen LogP contribution in [0.2, 0.25) is 0 Å². The number of carboxylic acid groups (broad SMARTS) is 1. The number of aryl methyl sites for hydroxylation is 1. The molecule has 5 nitrogen and oxygen atoms in total. The second-order valence-electron chi connectivity index (χ2n) is 6.38. The molecule has 0 aliphatic heterocycles. The van der Waals surface area contributed by atoms with E-state index in [0.29, 0.717) is 10.6 Å². The van der Waals surface area contributed by atoms with Crippen molar-refractivity contribution < 1.29 is 14.7 Å². The molecule has 0 aromatic carbocycles. The molecule has 1 unspecified atom stereocenters. The molecule has 1 rings (SSSR count). The monoisotopic (exact) mass is 312 g/mol. The molecule has 0 saturated heterocycles. The molecule has 0 fully saturated rings. The Kier molecular flexibility index (Phi) is 5.04. The van der Waals surface area contributed by atoms with Crippen LogP contribution in [0.1, 0.15) is 48.5 Å². The van der Waals surface area contributed by atoms with Gasteiger partial charge in [-0.25, -0.2) is 9.59 Å². The summed E-state index contributed by atoms with van der Waals surface area (Å²) in [6.45, 7) is 11.8. The van der Waals surface area contributed by atoms with Crippen molar-refractivity contribution in [2.24, 2.45) is 5.41 Å². The Labute approximate surface area is 130 Å². The number of carbonyl (C=O) groups excluding carboxylic acids is 1. The van der Waals surface area contributed by atoms with Crippen LogP contribution < -0.4 is 5.32 Å². The standard InChI is InChI=1S/C15H24N2O3S/c1-8-9(2)21-12(11(8)13(18)19)16-14(20)17(7)10(3)15(4,5)6/h10H,1-7H3,(H,16,20)(H,18,19). The fraction of sp³-hybridized carbons (Fsp3) is 0.600. The first-order valence-electron chi connectivity index (χ1n) is 6.84. The van der Waals surface area contributed by atoms with Crippen molar-refractivity contribution >= 4 is 28.3 Å². The third-order valence-electron chi connectivity index (χ3n) is 3.97. The Morgan fingerprint density at radius 1 is 1.29 bits per heavy atom. The van der Waals surface area contributed by atoms with E-state index in [0.717, 1.165) is 4.88 Å². The predicted octanol–water partition coefficient (Wildman–Crippen LogP) is 3.96. The molecule has 1 atom stereocenters. The Bertz CT molecular complexity index is 558. The molecule has 2 N–H and O–H groups in total. The molecule has 0 saturated carbocycles. The van der Waals surface area contributed by atoms with Crippen LogP contribution in [0.5, 0.6) is 0 Å². The number of carbonyl (C=O) groups is 2. The second kappa shape index (κ2) is 6.05. The van der Waals surface area contributed by atoms with Gasteiger partial charge in [0, 0.05) is 18.0 Å². The highest BCUT2D eigenvalue weighted by Crippen LogP contribution is 2.33. The summed E-state index contributed by atoms with van der Waals surface area (Å²) >= 11 is 1.29. The van der Waals surface area contributed by atoms with E-state index in [1.54, 1.807) is 18.9 Å². The Hall–Kier alpha value is -1.56. The molecule has 0 aliphatic carbocycles. The predicted molar refractivity (Wildman–Crippen MR) is 86.5 cm³/mol. The van der Waals surface area contributed by atoms with Gasteiger partial charge in [-0.05, 0) is 31.7 Å². The van der Waals surface area contributed by atoms with Crippen LogP contribution in [0.4, 0.5) is 9.80 Å². The molecule has 1 aromatic heterocycles. The van der Waals surface area contributed by atoms with Gasteiger partial charge in [0.15, 0.2) is 0 Å². The number of anilines is 1. The molecule has 0 spiro atoms. The number of urea groups is 1. The van der Waals surface area contributed by atoms with Crippen molar-refractivity contribution in [1.82, 2.24) is 4.90 Å². The van der Waals surface area contributed by atoms with Gasteiger partial charge in [0.1, 0.15) is 5.00 Å². The topological polar surface area (TPSA) is 69.6 Å². The van der Waals surface area contributed by atoms with E-state index in [9.17, 15) is 14.7 Å². The number of nitrogens with zero attached hydrogens (tertiary/aromatic N) is 1. The Morgan fingerprint density at radius 2 is 1.81 bits per heavy atom. The first-order valence-corrected chi connectivity index (χ1v) is 7.65. The first kappa shape index (κ1) is 17.5. The van der Waals surface area contributed by atoms with Crippen LogP contribution in [0.15, 0.2) is 0 Å². The molecule has 2 amide bonds. The number of thiophene rings is 1. The molecular weight excluding hydrogens is 288 g/mol. The van der Waals surface area contributed by atoms with Crippen molar-refractivity contribution in [1.29, 1.82) is 0 Å². The van der Waals surface area contributed by atoms with Gasteiger partial charge in [-0.2, -0.15) is 0 Å². The zero-order valence-corrected chi connectivity index (χ0v) is 14.5. The summed E-state index contributed by atoms with van der Waals surface area (Å²) in [4.78, 5) is 26.2. The lowest BCUT2D eigenvalue weighted by Gasteiger charge is -2.35. The van der Waals surface area contributed by atoms with Gasteiger partial charge in [-0.1, -0.05) is 20.8 Å². The van der Waals surface area contributed by atoms with Crippen LogP contribution in [-0.2, 0) is 0 Å². The minimum Gasteiger partial charge on any atom is -0.478 e. The number of rotatable bonds is 3. The highest BCUT2D eigenvalue weighted by Gasteiger charge is 2.28. The summed E-state index contributed by atoms with van der Waals surface area (Å²) in [5.41, 5.74) is 0.834. The number of nitrogens with one attached hydrogen (secondary N) is 1. The lowest BCUT2D eigenvalue weighted by molar-refractivity contribution is 0.0697. The van der Waals surface area contributed by atoms with E-state index in [4.69, 9.17) is 0 Å². The van der Waals surface area contributed by atoms with E-state index in [1.807, 2.05) is 13.8 Å². The van der Waals surface area contributed by atoms with Crippen molar-refractivity contribution in [3.05, 3.63) is 16.0 Å². The molecule has 21 heavy (non-hydrogen) atoms. The number of hydrogen-bond acceptors (Lipinski definition) is 3. The quantitative estimate of drug-likeness (QED) is 0.887. The second-order valence-corrected chi connectivity index (χ2v) is 7.60. The fourth-order valence-corrected chi connectivity index (χ4v) is 2.96. The van der Waals surface area contributed by atoms with Crippen LogP contribution >= 0.6 is 11.3 Å². The van der Waals surface area contributed by atoms with Crippen LogP contribution in [-0.4, -0.2) is 35.1 Å². The summed E-state index contributed by atoms with van der Waals surface area (Å²) in [6.07, 6.45) is 0. The minimum absolute atomic E-state index is 0.0212. The molecule has 1 aromatic rings. The van der Waals surface area contributed by atoms with Crippen molar-refractivity contribution in [2.75, 3.05) is 12.4 Å². The van der Waals surface area contributed by atoms with Gasteiger partial charge in [0.25, 0.3) is 0 Å². The molecule has 0 aliphatic rings. The van der Waals surface area contributed by atoms with Crippen molar-refractivity contribution in [2.45, 2.75) is 47.6 Å². The molecule has 1 heterocycles. The summed E-state index contributed by atoms with van der Waals surface area (Å²) in [7, 11) is 1.72. The number of carboxylic acids is 1. The maximum absolute atomic E-state index is 12.3. The fourth-order valence-electron chi connectivity index (χ4n) is 1.91. The van der Waals surface area contributed by atoms with Gasteiger partial charge in [-0.15, -0.1) is 11.3 Å². The van der Waals surface area contributed by atoms with E-state index in [1.165, 1.54) is 11.3 Å². The summed E-state index contributed by atoms with van der Waals surface area (Å²) in [5.74, 6) is -1.02. The molecule has 0 radical (unpaired) electrons. The summed E-state index contributed by atoms with van der Waals surface area (Å²) in [5, 5.41) is 12.4. The van der Waals surface area contributed by atoms with Crippen LogP contribution in [0, 0.1) is 19.3 Å². The first-order chi connectivity index (χ1) is 9.46. The Morgan fingerprint density at radius 3 is 2.24 bits per heavy atom. The van der Waals surface area contributed by atoms with Gasteiger partial charge in [0.05, 0.1) is 5.56 Å². The number of amides is 2. The smallest absolute Gasteiger partial charge is 0.338 e. The van der Waals surface area contributed by atoms with Gasteiger partial charge in [0.2, 0.25) is 0 Å². The molecular formula is C15H24N2O3S. The average molecular weight is 312 g/mol. The molecule has 0 bridgehead atoms. The molecule has 6 heteroatoms. The summed E-state index contributed by atoms with van der Waals surface area (Å²) < 4.78 is 0. The van der Waals surface area contributed by atoms with Crippen LogP contribution in [0.25, 0.3) is 0 Å². The van der Waals surface area contributed by atoms with Crippen molar-refractivity contribution in [3.8, 4) is 0 Å². The largest absolute Gasteiger partial charge is 0.478 e. The van der Waals surface area contributed by atoms with Gasteiger partial charge in [-0.3, -0.25) is 5.32 Å². The third kappa shape index (κ3) is 3.75. The zero-order chi connectivity index (χ0) is 16.5. The normalized spacial score (nSPS) is 12.9. The zero-order valence-electron chi connectivity index (χ0n) is 13.7. The maximum atomic E-state index is 12.3. The van der Waals surface area contributed by atoms with Gasteiger partial charge < -0.3 is 10.0 Å². The maximum Gasteiger partial charge on any atom is 0.338 e. The summed E-state index contributed by atoms with van der Waals surface area (Å²) in [6, 6.07) is -0.269. The minimum atomic E-state index is -1.02. The highest BCUT2D eigenvalue weighted by molar-refractivity contribution is 7.16. The van der Waals surface area contributed by atoms with E-state index in [2.05, 4.69) is 26.1 Å². The highest BCUT2D eigenvalue weighted by atomic mass is 32.1. The SMILES string of the molecule is Cc1sc(NC(=O)N(C)C(C)C(C)(C)C)c(C(=O)O)c1C. The van der Waals surface area contributed by atoms with E-state index < -0.39 is 5.97 Å². The van der Waals surface area contributed by atoms with E-state index >= 15 is 0 Å². The van der Waals surface area contributed by atoms with E-state index in [-0.39, 0.29) is 23.1 Å². The molecule has 118 valence electrons. The Balaban J connectivity index is 2.99. The van der Waals surface area contributed by atoms with Crippen LogP contribution in [0.3, 0.4) is 0 Å². The number of hydrogen-bond donors (Lipinski definition) is 2. The number of aromatic carboxylic acids is 1. The lowest BCUT2D eigenvalue weighted by Crippen LogP contribution is -2.44. The third-order valence-corrected chi connectivity index (χ3v) is 5.10.